The van der Waals surface area contributed by atoms with E-state index in [0.717, 1.165) is 25.2 Å². The van der Waals surface area contributed by atoms with Gasteiger partial charge in [0.1, 0.15) is 16.9 Å². The topological polar surface area (TPSA) is 42.7 Å². The van der Waals surface area contributed by atoms with Crippen LogP contribution in [0.2, 0.25) is 0 Å². The molecule has 0 spiro atoms. The van der Waals surface area contributed by atoms with Crippen molar-refractivity contribution in [2.75, 3.05) is 11.9 Å². The maximum atomic E-state index is 4.75. The minimum absolute atomic E-state index is 0.316. The summed E-state index contributed by atoms with van der Waals surface area (Å²) in [7, 11) is 0. The Balaban J connectivity index is 1.88. The molecule has 3 rings (SSSR count). The maximum Gasteiger partial charge on any atom is 0.125 e. The van der Waals surface area contributed by atoms with Crippen molar-refractivity contribution in [1.82, 2.24) is 14.8 Å². The summed E-state index contributed by atoms with van der Waals surface area (Å²) >= 11 is 1.72. The number of aromatic nitrogens is 3. The third kappa shape index (κ3) is 2.14. The van der Waals surface area contributed by atoms with Crippen LogP contribution in [-0.4, -0.2) is 21.3 Å². The minimum atomic E-state index is 0.316. The Hall–Kier alpha value is -1.36. The van der Waals surface area contributed by atoms with Gasteiger partial charge in [-0.15, -0.1) is 11.3 Å². The molecule has 0 aliphatic carbocycles. The van der Waals surface area contributed by atoms with Gasteiger partial charge in [0.05, 0.1) is 5.69 Å². The molecule has 2 aromatic heterocycles. The largest absolute Gasteiger partial charge is 0.370 e. The molecule has 4 nitrogen and oxygen atoms in total. The summed E-state index contributed by atoms with van der Waals surface area (Å²) in [5.74, 6) is 1.15. The van der Waals surface area contributed by atoms with Crippen molar-refractivity contribution >= 4 is 17.2 Å². The van der Waals surface area contributed by atoms with Gasteiger partial charge >= 0.3 is 0 Å². The van der Waals surface area contributed by atoms with Crippen molar-refractivity contribution in [3.05, 3.63) is 28.3 Å². The summed E-state index contributed by atoms with van der Waals surface area (Å²) in [4.78, 5) is 4.44. The van der Waals surface area contributed by atoms with E-state index in [4.69, 9.17) is 5.10 Å². The summed E-state index contributed by atoms with van der Waals surface area (Å²) in [5.41, 5.74) is 1.20. The van der Waals surface area contributed by atoms with Crippen molar-refractivity contribution in [1.29, 1.82) is 0 Å². The zero-order chi connectivity index (χ0) is 12.4. The van der Waals surface area contributed by atoms with Gasteiger partial charge in [0.25, 0.3) is 0 Å². The second-order valence-corrected chi connectivity index (χ2v) is 5.60. The molecule has 3 heterocycles. The highest BCUT2D eigenvalue weighted by atomic mass is 32.1. The van der Waals surface area contributed by atoms with Crippen molar-refractivity contribution in [2.45, 2.75) is 38.6 Å². The van der Waals surface area contributed by atoms with Gasteiger partial charge in [0.15, 0.2) is 0 Å². The number of fused-ring (bicyclic) bond motifs is 1. The van der Waals surface area contributed by atoms with Crippen LogP contribution in [0.15, 0.2) is 17.6 Å². The average molecular weight is 262 g/mol. The first-order chi connectivity index (χ1) is 8.88. The fourth-order valence-corrected chi connectivity index (χ4v) is 3.14. The van der Waals surface area contributed by atoms with Crippen molar-refractivity contribution < 1.29 is 0 Å². The van der Waals surface area contributed by atoms with E-state index in [0.29, 0.717) is 6.04 Å². The third-order valence-electron chi connectivity index (χ3n) is 3.33. The first-order valence-corrected chi connectivity index (χ1v) is 7.48. The lowest BCUT2D eigenvalue weighted by molar-refractivity contribution is 0.475. The zero-order valence-corrected chi connectivity index (χ0v) is 11.4. The van der Waals surface area contributed by atoms with Gasteiger partial charge in [-0.2, -0.15) is 5.10 Å². The second kappa shape index (κ2) is 5.10. The van der Waals surface area contributed by atoms with Gasteiger partial charge in [-0.05, 0) is 19.3 Å². The number of nitrogens with zero attached hydrogens (tertiary/aromatic N) is 3. The first-order valence-electron chi connectivity index (χ1n) is 6.60. The quantitative estimate of drug-likeness (QED) is 0.920. The summed E-state index contributed by atoms with van der Waals surface area (Å²) in [6.07, 6.45) is 6.44. The smallest absolute Gasteiger partial charge is 0.125 e. The first kappa shape index (κ1) is 11.7. The van der Waals surface area contributed by atoms with Crippen LogP contribution in [-0.2, 0) is 6.42 Å². The van der Waals surface area contributed by atoms with E-state index >= 15 is 0 Å². The van der Waals surface area contributed by atoms with Gasteiger partial charge in [-0.3, -0.25) is 0 Å². The van der Waals surface area contributed by atoms with E-state index in [1.165, 1.54) is 23.5 Å². The van der Waals surface area contributed by atoms with E-state index < -0.39 is 0 Å². The lowest BCUT2D eigenvalue weighted by Gasteiger charge is -2.23. The Morgan fingerprint density at radius 1 is 1.56 bits per heavy atom. The fourth-order valence-electron chi connectivity index (χ4n) is 2.38. The van der Waals surface area contributed by atoms with Crippen LogP contribution in [0.3, 0.4) is 0 Å². The molecule has 18 heavy (non-hydrogen) atoms. The molecule has 0 bridgehead atoms. The number of unbranched alkanes of at least 4 members (excludes halogenated alkanes) is 1. The Morgan fingerprint density at radius 2 is 2.50 bits per heavy atom. The molecule has 1 aliphatic heterocycles. The molecule has 1 atom stereocenters. The molecule has 0 aromatic carbocycles. The Labute approximate surface area is 111 Å². The predicted octanol–water partition coefficient (Wildman–Crippen LogP) is 3.09. The Bertz CT molecular complexity index is 503. The highest BCUT2D eigenvalue weighted by Gasteiger charge is 2.24. The van der Waals surface area contributed by atoms with Gasteiger partial charge in [0.2, 0.25) is 0 Å². The summed E-state index contributed by atoms with van der Waals surface area (Å²) < 4.78 is 2.12. The maximum absolute atomic E-state index is 4.75. The molecule has 0 amide bonds. The van der Waals surface area contributed by atoms with Crippen LogP contribution >= 0.6 is 11.3 Å². The molecule has 5 heteroatoms. The standard InChI is InChI=1S/C13H18N4S/c1-2-3-4-10-9-12-14-6-5-11(17(12)16-10)13-15-7-8-18-13/h7-9,11,14H,2-6H2,1H3. The van der Waals surface area contributed by atoms with E-state index in [1.54, 1.807) is 11.3 Å². The van der Waals surface area contributed by atoms with Crippen LogP contribution in [0.1, 0.15) is 42.9 Å². The molecule has 0 fully saturated rings. The molecule has 2 aromatic rings. The molecule has 1 unspecified atom stereocenters. The molecule has 0 radical (unpaired) electrons. The summed E-state index contributed by atoms with van der Waals surface area (Å²) in [6, 6.07) is 2.51. The summed E-state index contributed by atoms with van der Waals surface area (Å²) in [6.45, 7) is 3.22. The Morgan fingerprint density at radius 3 is 3.28 bits per heavy atom. The number of anilines is 1. The lowest BCUT2D eigenvalue weighted by atomic mass is 10.2. The lowest BCUT2D eigenvalue weighted by Crippen LogP contribution is -2.24. The van der Waals surface area contributed by atoms with Gasteiger partial charge < -0.3 is 5.32 Å². The molecule has 1 N–H and O–H groups in total. The number of hydrogen-bond donors (Lipinski definition) is 1. The minimum Gasteiger partial charge on any atom is -0.370 e. The van der Waals surface area contributed by atoms with E-state index in [9.17, 15) is 0 Å². The number of hydrogen-bond acceptors (Lipinski definition) is 4. The van der Waals surface area contributed by atoms with E-state index in [-0.39, 0.29) is 0 Å². The SMILES string of the molecule is CCCCc1cc2n(n1)C(c1nccs1)CCN2. The second-order valence-electron chi connectivity index (χ2n) is 4.67. The molecule has 0 saturated carbocycles. The van der Waals surface area contributed by atoms with E-state index in [2.05, 4.69) is 28.0 Å². The Kier molecular flexibility index (Phi) is 3.32. The molecule has 96 valence electrons. The van der Waals surface area contributed by atoms with Crippen LogP contribution in [0.5, 0.6) is 0 Å². The van der Waals surface area contributed by atoms with Crippen LogP contribution in [0, 0.1) is 0 Å². The highest BCUT2D eigenvalue weighted by Crippen LogP contribution is 2.31. The number of aryl methyl sites for hydroxylation is 1. The van der Waals surface area contributed by atoms with Crippen LogP contribution < -0.4 is 5.32 Å². The normalized spacial score (nSPS) is 18.4. The van der Waals surface area contributed by atoms with E-state index in [1.807, 2.05) is 11.6 Å². The van der Waals surface area contributed by atoms with Crippen molar-refractivity contribution in [3.8, 4) is 0 Å². The third-order valence-corrected chi connectivity index (χ3v) is 4.21. The van der Waals surface area contributed by atoms with Gasteiger partial charge in [-0.25, -0.2) is 9.67 Å². The zero-order valence-electron chi connectivity index (χ0n) is 10.6. The highest BCUT2D eigenvalue weighted by molar-refractivity contribution is 7.09. The molecular formula is C13H18N4S. The van der Waals surface area contributed by atoms with Crippen molar-refractivity contribution in [2.24, 2.45) is 0 Å². The molecule has 1 aliphatic rings. The molecule has 0 saturated heterocycles. The van der Waals surface area contributed by atoms with Gasteiger partial charge in [-0.1, -0.05) is 13.3 Å². The van der Waals surface area contributed by atoms with Gasteiger partial charge in [0, 0.05) is 24.2 Å². The summed E-state index contributed by atoms with van der Waals surface area (Å²) in [5, 5.41) is 11.4. The predicted molar refractivity (Wildman–Crippen MR) is 74.2 cm³/mol. The molecular weight excluding hydrogens is 244 g/mol. The number of thiazole rings is 1. The monoisotopic (exact) mass is 262 g/mol. The number of nitrogens with one attached hydrogen (secondary N) is 1. The van der Waals surface area contributed by atoms with Crippen LogP contribution in [0.4, 0.5) is 5.82 Å². The average Bonchev–Trinajstić information content (AvgIpc) is 3.04. The van der Waals surface area contributed by atoms with Crippen LogP contribution in [0.25, 0.3) is 0 Å². The number of rotatable bonds is 4. The fraction of sp³-hybridized carbons (Fsp3) is 0.538. The van der Waals surface area contributed by atoms with Crippen molar-refractivity contribution in [3.63, 3.8) is 0 Å².